The summed E-state index contributed by atoms with van der Waals surface area (Å²) in [6, 6.07) is 13.0. The summed E-state index contributed by atoms with van der Waals surface area (Å²) in [6.07, 6.45) is 3.17. The minimum absolute atomic E-state index is 0.282. The lowest BCUT2D eigenvalue weighted by Gasteiger charge is -2.33. The third kappa shape index (κ3) is 4.20. The van der Waals surface area contributed by atoms with Crippen LogP contribution in [0.4, 0.5) is 4.39 Å². The summed E-state index contributed by atoms with van der Waals surface area (Å²) in [6.45, 7) is 5.52. The Morgan fingerprint density at radius 1 is 1.21 bits per heavy atom. The SMILES string of the molecule is COc1cccc(CC(C)CN2CCC(c3noc4cc(F)ccc34)CC2)c1. The first-order valence-electron chi connectivity index (χ1n) is 10.0. The highest BCUT2D eigenvalue weighted by atomic mass is 19.1. The van der Waals surface area contributed by atoms with Crippen molar-refractivity contribution in [1.82, 2.24) is 10.1 Å². The monoisotopic (exact) mass is 382 g/mol. The zero-order valence-electron chi connectivity index (χ0n) is 16.5. The Kier molecular flexibility index (Phi) is 5.62. The van der Waals surface area contributed by atoms with Gasteiger partial charge in [0.15, 0.2) is 5.58 Å². The van der Waals surface area contributed by atoms with Gasteiger partial charge in [-0.3, -0.25) is 0 Å². The Balaban J connectivity index is 1.32. The molecule has 148 valence electrons. The minimum atomic E-state index is -0.282. The molecule has 1 fully saturated rings. The summed E-state index contributed by atoms with van der Waals surface area (Å²) < 4.78 is 24.0. The van der Waals surface area contributed by atoms with Crippen LogP contribution < -0.4 is 4.74 Å². The Hall–Kier alpha value is -2.40. The number of halogens is 1. The first kappa shape index (κ1) is 18.9. The molecule has 1 aliphatic rings. The van der Waals surface area contributed by atoms with Gasteiger partial charge in [-0.25, -0.2) is 4.39 Å². The lowest BCUT2D eigenvalue weighted by molar-refractivity contribution is 0.185. The van der Waals surface area contributed by atoms with Crippen LogP contribution in [0, 0.1) is 11.7 Å². The third-order valence-electron chi connectivity index (χ3n) is 5.72. The second kappa shape index (κ2) is 8.31. The van der Waals surface area contributed by atoms with Crippen molar-refractivity contribution >= 4 is 11.0 Å². The molecule has 1 unspecified atom stereocenters. The van der Waals surface area contributed by atoms with E-state index in [1.165, 1.54) is 17.7 Å². The summed E-state index contributed by atoms with van der Waals surface area (Å²) in [5.74, 6) is 1.61. The molecule has 1 aromatic heterocycles. The van der Waals surface area contributed by atoms with Crippen LogP contribution in [0.2, 0.25) is 0 Å². The lowest BCUT2D eigenvalue weighted by Crippen LogP contribution is -2.36. The predicted molar refractivity (Wildman–Crippen MR) is 108 cm³/mol. The fraction of sp³-hybridized carbons (Fsp3) is 0.435. The minimum Gasteiger partial charge on any atom is -0.497 e. The molecule has 0 spiro atoms. The highest BCUT2D eigenvalue weighted by molar-refractivity contribution is 5.79. The molecule has 2 heterocycles. The van der Waals surface area contributed by atoms with Crippen molar-refractivity contribution in [3.8, 4) is 5.75 Å². The number of benzene rings is 2. The normalized spacial score (nSPS) is 17.1. The van der Waals surface area contributed by atoms with Gasteiger partial charge in [0.05, 0.1) is 12.8 Å². The van der Waals surface area contributed by atoms with Crippen LogP contribution in [0.3, 0.4) is 0 Å². The number of ether oxygens (including phenoxy) is 1. The Morgan fingerprint density at radius 3 is 2.82 bits per heavy atom. The summed E-state index contributed by atoms with van der Waals surface area (Å²) in [7, 11) is 1.71. The second-order valence-electron chi connectivity index (χ2n) is 7.94. The van der Waals surface area contributed by atoms with E-state index in [4.69, 9.17) is 9.26 Å². The van der Waals surface area contributed by atoms with E-state index >= 15 is 0 Å². The molecule has 2 aromatic carbocycles. The van der Waals surface area contributed by atoms with Crippen molar-refractivity contribution < 1.29 is 13.7 Å². The van der Waals surface area contributed by atoms with Gasteiger partial charge < -0.3 is 14.2 Å². The van der Waals surface area contributed by atoms with Gasteiger partial charge in [0, 0.05) is 23.9 Å². The molecular weight excluding hydrogens is 355 g/mol. The number of likely N-dealkylation sites (tertiary alicyclic amines) is 1. The van der Waals surface area contributed by atoms with Crippen LogP contribution in [-0.2, 0) is 6.42 Å². The first-order valence-corrected chi connectivity index (χ1v) is 10.0. The number of aromatic nitrogens is 1. The molecule has 3 aromatic rings. The van der Waals surface area contributed by atoms with Gasteiger partial charge in [-0.1, -0.05) is 24.2 Å². The van der Waals surface area contributed by atoms with Gasteiger partial charge in [0.2, 0.25) is 0 Å². The number of rotatable bonds is 6. The first-order chi connectivity index (χ1) is 13.6. The van der Waals surface area contributed by atoms with Crippen LogP contribution >= 0.6 is 0 Å². The van der Waals surface area contributed by atoms with Gasteiger partial charge in [-0.05, 0) is 68.1 Å². The second-order valence-corrected chi connectivity index (χ2v) is 7.94. The molecule has 0 aliphatic carbocycles. The van der Waals surface area contributed by atoms with E-state index < -0.39 is 0 Å². The molecule has 1 saturated heterocycles. The van der Waals surface area contributed by atoms with Gasteiger partial charge in [-0.2, -0.15) is 0 Å². The molecule has 0 N–H and O–H groups in total. The highest BCUT2D eigenvalue weighted by Gasteiger charge is 2.25. The summed E-state index contributed by atoms with van der Waals surface area (Å²) in [5, 5.41) is 5.20. The van der Waals surface area contributed by atoms with E-state index in [1.54, 1.807) is 13.2 Å². The topological polar surface area (TPSA) is 38.5 Å². The van der Waals surface area contributed by atoms with Crippen LogP contribution in [-0.4, -0.2) is 36.8 Å². The number of hydrogen-bond donors (Lipinski definition) is 0. The standard InChI is InChI=1S/C23H27FN2O2/c1-16(12-17-4-3-5-20(13-17)27-2)15-26-10-8-18(9-11-26)23-21-7-6-19(24)14-22(21)28-25-23/h3-7,13-14,16,18H,8-12,15H2,1-2H3. The van der Waals surface area contributed by atoms with E-state index in [2.05, 4.69) is 35.2 Å². The van der Waals surface area contributed by atoms with E-state index in [0.717, 1.165) is 55.7 Å². The van der Waals surface area contributed by atoms with E-state index in [0.29, 0.717) is 17.4 Å². The number of fused-ring (bicyclic) bond motifs is 1. The molecule has 5 heteroatoms. The van der Waals surface area contributed by atoms with Crippen LogP contribution in [0.5, 0.6) is 5.75 Å². The average molecular weight is 382 g/mol. The molecule has 4 nitrogen and oxygen atoms in total. The van der Waals surface area contributed by atoms with Crippen molar-refractivity contribution in [3.05, 3.63) is 59.5 Å². The van der Waals surface area contributed by atoms with Crippen LogP contribution in [0.1, 0.15) is 36.9 Å². The quantitative estimate of drug-likeness (QED) is 0.599. The van der Waals surface area contributed by atoms with Gasteiger partial charge in [0.1, 0.15) is 11.6 Å². The van der Waals surface area contributed by atoms with Gasteiger partial charge in [0.25, 0.3) is 0 Å². The zero-order chi connectivity index (χ0) is 19.5. The molecular formula is C23H27FN2O2. The number of nitrogens with zero attached hydrogens (tertiary/aromatic N) is 2. The molecule has 0 bridgehead atoms. The maximum absolute atomic E-state index is 13.4. The van der Waals surface area contributed by atoms with Crippen molar-refractivity contribution in [2.75, 3.05) is 26.7 Å². The molecule has 28 heavy (non-hydrogen) atoms. The maximum atomic E-state index is 13.4. The summed E-state index contributed by atoms with van der Waals surface area (Å²) in [4.78, 5) is 2.54. The molecule has 0 amide bonds. The van der Waals surface area contributed by atoms with Gasteiger partial charge >= 0.3 is 0 Å². The van der Waals surface area contributed by atoms with Crippen LogP contribution in [0.15, 0.2) is 47.0 Å². The lowest BCUT2D eigenvalue weighted by atomic mass is 9.90. The van der Waals surface area contributed by atoms with Crippen molar-refractivity contribution in [2.24, 2.45) is 5.92 Å². The van der Waals surface area contributed by atoms with E-state index in [1.807, 2.05) is 6.07 Å². The average Bonchev–Trinajstić information content (AvgIpc) is 3.11. The molecule has 4 rings (SSSR count). The molecule has 1 aliphatic heterocycles. The number of piperidine rings is 1. The Morgan fingerprint density at radius 2 is 2.04 bits per heavy atom. The number of hydrogen-bond acceptors (Lipinski definition) is 4. The van der Waals surface area contributed by atoms with Crippen molar-refractivity contribution in [1.29, 1.82) is 0 Å². The fourth-order valence-electron chi connectivity index (χ4n) is 4.32. The highest BCUT2D eigenvalue weighted by Crippen LogP contribution is 2.33. The van der Waals surface area contributed by atoms with Crippen LogP contribution in [0.25, 0.3) is 11.0 Å². The number of methoxy groups -OCH3 is 1. The molecule has 1 atom stereocenters. The Labute approximate surface area is 165 Å². The Bertz CT molecular complexity index is 931. The third-order valence-corrected chi connectivity index (χ3v) is 5.72. The fourth-order valence-corrected chi connectivity index (χ4v) is 4.32. The van der Waals surface area contributed by atoms with E-state index in [-0.39, 0.29) is 5.82 Å². The smallest absolute Gasteiger partial charge is 0.170 e. The summed E-state index contributed by atoms with van der Waals surface area (Å²) >= 11 is 0. The molecule has 0 radical (unpaired) electrons. The van der Waals surface area contributed by atoms with Gasteiger partial charge in [-0.15, -0.1) is 0 Å². The largest absolute Gasteiger partial charge is 0.497 e. The maximum Gasteiger partial charge on any atom is 0.170 e. The van der Waals surface area contributed by atoms with Crippen molar-refractivity contribution in [2.45, 2.75) is 32.1 Å². The molecule has 0 saturated carbocycles. The zero-order valence-corrected chi connectivity index (χ0v) is 16.5. The summed E-state index contributed by atoms with van der Waals surface area (Å²) in [5.41, 5.74) is 2.85. The predicted octanol–water partition coefficient (Wildman–Crippen LogP) is 5.03. The van der Waals surface area contributed by atoms with Crippen molar-refractivity contribution in [3.63, 3.8) is 0 Å². The van der Waals surface area contributed by atoms with E-state index in [9.17, 15) is 4.39 Å².